The minimum Gasteiger partial charge on any atom is -0.352 e. The number of halogens is 1. The number of nitrogens with zero attached hydrogens (tertiary/aromatic N) is 3. The lowest BCUT2D eigenvalue weighted by molar-refractivity contribution is 0.0952. The van der Waals surface area contributed by atoms with Gasteiger partial charge in [0.15, 0.2) is 5.44 Å². The number of hydrogen-bond acceptors (Lipinski definition) is 4. The average molecular weight is 458 g/mol. The van der Waals surface area contributed by atoms with Crippen LogP contribution >= 0.6 is 7.26 Å². The Morgan fingerprint density at radius 1 is 0.848 bits per heavy atom. The maximum atomic E-state index is 13.0. The van der Waals surface area contributed by atoms with Crippen LogP contribution in [0.25, 0.3) is 0 Å². The van der Waals surface area contributed by atoms with E-state index in [1.807, 2.05) is 18.2 Å². The maximum absolute atomic E-state index is 13.0. The third-order valence-corrected chi connectivity index (χ3v) is 9.94. The second-order valence-electron chi connectivity index (χ2n) is 7.60. The van der Waals surface area contributed by atoms with Crippen LogP contribution in [-0.4, -0.2) is 33.6 Å². The lowest BCUT2D eigenvalue weighted by atomic mass is 10.2. The molecule has 0 bridgehead atoms. The summed E-state index contributed by atoms with van der Waals surface area (Å²) in [5, 5.41) is 5.46. The van der Waals surface area contributed by atoms with Crippen LogP contribution in [0.1, 0.15) is 23.2 Å². The number of carbonyl (C=O) groups is 1. The van der Waals surface area contributed by atoms with Gasteiger partial charge in [-0.05, 0) is 49.2 Å². The normalized spacial score (nSPS) is 11.2. The van der Waals surface area contributed by atoms with Gasteiger partial charge in [0.25, 0.3) is 5.91 Å². The molecule has 4 rings (SSSR count). The monoisotopic (exact) mass is 458 g/mol. The lowest BCUT2D eigenvalue weighted by Crippen LogP contribution is -2.35. The minimum atomic E-state index is -2.00. The quantitative estimate of drug-likeness (QED) is 0.237. The van der Waals surface area contributed by atoms with Crippen LogP contribution < -0.4 is 21.4 Å². The fraction of sp³-hybridized carbons (Fsp3) is 0.154. The van der Waals surface area contributed by atoms with Crippen LogP contribution in [0.4, 0.5) is 4.39 Å². The second kappa shape index (κ2) is 10.9. The third-order valence-electron chi connectivity index (χ3n) is 5.55. The molecule has 2 aromatic carbocycles. The Balaban J connectivity index is 1.53. The fourth-order valence-electron chi connectivity index (χ4n) is 3.95. The van der Waals surface area contributed by atoms with Gasteiger partial charge in [-0.25, -0.2) is 15.0 Å². The third kappa shape index (κ3) is 5.29. The molecule has 0 saturated carbocycles. The van der Waals surface area contributed by atoms with E-state index >= 15 is 0 Å². The predicted molar refractivity (Wildman–Crippen MR) is 131 cm³/mol. The molecule has 0 spiro atoms. The number of amides is 1. The molecule has 33 heavy (non-hydrogen) atoms. The van der Waals surface area contributed by atoms with Crippen molar-refractivity contribution in [2.24, 2.45) is 0 Å². The van der Waals surface area contributed by atoms with Gasteiger partial charge >= 0.3 is 0 Å². The Morgan fingerprint density at radius 2 is 1.55 bits per heavy atom. The second-order valence-corrected chi connectivity index (χ2v) is 11.2. The van der Waals surface area contributed by atoms with Gasteiger partial charge in [0, 0.05) is 25.0 Å². The van der Waals surface area contributed by atoms with E-state index in [1.54, 1.807) is 12.5 Å². The van der Waals surface area contributed by atoms with Gasteiger partial charge in [0.2, 0.25) is 5.95 Å². The first-order valence-electron chi connectivity index (χ1n) is 10.9. The Bertz CT molecular complexity index is 1060. The van der Waals surface area contributed by atoms with Gasteiger partial charge in [-0.15, -0.1) is 0 Å². The summed E-state index contributed by atoms with van der Waals surface area (Å²) in [7, 11) is -2.00. The molecule has 5 nitrogen and oxygen atoms in total. The standard InChI is InChI=1S/C26H24FN4OP/c27-24-14-13-21(19-30-24)26(32)29-16-7-8-18-33(22-9-3-1-4-10-22,23-11-5-2-6-12-23)25-15-17-28-20-31-25/h1-6,9-15,17,19-20H,7-8,16,18H2/p+1/i27-1. The molecule has 0 unspecified atom stereocenters. The zero-order chi connectivity index (χ0) is 22.9. The summed E-state index contributed by atoms with van der Waals surface area (Å²) in [6.07, 6.45) is 7.32. The van der Waals surface area contributed by atoms with Crippen molar-refractivity contribution >= 4 is 29.2 Å². The number of aromatic nitrogens is 3. The number of rotatable bonds is 9. The molecule has 0 fully saturated rings. The molecule has 4 aromatic rings. The van der Waals surface area contributed by atoms with Gasteiger partial charge < -0.3 is 5.32 Å². The summed E-state index contributed by atoms with van der Waals surface area (Å²) in [6.45, 7) is 0.531. The molecule has 0 atom stereocenters. The molecule has 0 aliphatic carbocycles. The zero-order valence-corrected chi connectivity index (χ0v) is 19.0. The van der Waals surface area contributed by atoms with Crippen molar-refractivity contribution in [3.8, 4) is 0 Å². The summed E-state index contributed by atoms with van der Waals surface area (Å²) in [5.41, 5.74) is 1.41. The summed E-state index contributed by atoms with van der Waals surface area (Å²) < 4.78 is 13.0. The first kappa shape index (κ1) is 22.7. The van der Waals surface area contributed by atoms with Crippen molar-refractivity contribution in [3.05, 3.63) is 109 Å². The van der Waals surface area contributed by atoms with Gasteiger partial charge in [-0.3, -0.25) is 4.79 Å². The smallest absolute Gasteiger partial charge is 0.252 e. The molecule has 0 aliphatic heterocycles. The van der Waals surface area contributed by atoms with Crippen LogP contribution in [0.5, 0.6) is 0 Å². The molecule has 166 valence electrons. The van der Waals surface area contributed by atoms with Crippen molar-refractivity contribution in [1.82, 2.24) is 20.3 Å². The first-order valence-corrected chi connectivity index (χ1v) is 12.8. The Labute approximate surface area is 193 Å². The highest BCUT2D eigenvalue weighted by molar-refractivity contribution is 7.95. The van der Waals surface area contributed by atoms with Crippen LogP contribution in [0.2, 0.25) is 0 Å². The van der Waals surface area contributed by atoms with Crippen molar-refractivity contribution in [3.63, 3.8) is 0 Å². The molecular weight excluding hydrogens is 433 g/mol. The predicted octanol–water partition coefficient (Wildman–Crippen LogP) is 3.51. The van der Waals surface area contributed by atoms with Crippen LogP contribution in [-0.2, 0) is 0 Å². The first-order chi connectivity index (χ1) is 16.2. The molecule has 7 heteroatoms. The average Bonchev–Trinajstić information content (AvgIpc) is 2.88. The molecule has 1 N–H and O–H groups in total. The van der Waals surface area contributed by atoms with E-state index in [0.717, 1.165) is 24.4 Å². The Morgan fingerprint density at radius 3 is 2.12 bits per heavy atom. The molecule has 0 aliphatic rings. The number of nitrogens with one attached hydrogen (secondary N) is 1. The van der Waals surface area contributed by atoms with E-state index in [-0.39, 0.29) is 5.91 Å². The maximum Gasteiger partial charge on any atom is 0.252 e. The van der Waals surface area contributed by atoms with Crippen molar-refractivity contribution in [2.75, 3.05) is 12.7 Å². The SMILES string of the molecule is O=C(NCCCC[P+](c1ccccc1)(c1ccccc1)c1ccncn1)c1ccc([18F])nc1. The summed E-state index contributed by atoms with van der Waals surface area (Å²) >= 11 is 0. The van der Waals surface area contributed by atoms with E-state index in [4.69, 9.17) is 4.98 Å². The lowest BCUT2D eigenvalue weighted by Gasteiger charge is -2.26. The Hall–Kier alpha value is -3.50. The highest BCUT2D eigenvalue weighted by Gasteiger charge is 2.46. The highest BCUT2D eigenvalue weighted by Crippen LogP contribution is 2.55. The molecule has 1 amide bonds. The number of pyridine rings is 1. The molecule has 0 saturated heterocycles. The fourth-order valence-corrected chi connectivity index (χ4v) is 8.15. The van der Waals surface area contributed by atoms with Gasteiger partial charge in [-0.1, -0.05) is 36.4 Å². The largest absolute Gasteiger partial charge is 0.352 e. The van der Waals surface area contributed by atoms with E-state index in [1.165, 1.54) is 28.9 Å². The van der Waals surface area contributed by atoms with E-state index < -0.39 is 13.2 Å². The molecule has 2 heterocycles. The summed E-state index contributed by atoms with van der Waals surface area (Å²) in [5.74, 6) is -0.844. The molecular formula is C26H25FN4OP+. The van der Waals surface area contributed by atoms with Crippen molar-refractivity contribution in [2.45, 2.75) is 12.8 Å². The zero-order valence-electron chi connectivity index (χ0n) is 18.1. The van der Waals surface area contributed by atoms with Crippen LogP contribution in [0.3, 0.4) is 0 Å². The topological polar surface area (TPSA) is 67.8 Å². The number of benzene rings is 2. The van der Waals surface area contributed by atoms with E-state index in [0.29, 0.717) is 12.1 Å². The summed E-state index contributed by atoms with van der Waals surface area (Å²) in [4.78, 5) is 24.7. The minimum absolute atomic E-state index is 0.245. The van der Waals surface area contributed by atoms with Crippen LogP contribution in [0, 0.1) is 5.95 Å². The molecule has 0 radical (unpaired) electrons. The highest BCUT2D eigenvalue weighted by atomic mass is 31.2. The van der Waals surface area contributed by atoms with E-state index in [9.17, 15) is 9.18 Å². The van der Waals surface area contributed by atoms with Gasteiger partial charge in [0.1, 0.15) is 24.2 Å². The Kier molecular flexibility index (Phi) is 7.48. The van der Waals surface area contributed by atoms with Gasteiger partial charge in [-0.2, -0.15) is 4.39 Å². The van der Waals surface area contributed by atoms with Crippen molar-refractivity contribution < 1.29 is 9.18 Å². The number of hydrogen-bond donors (Lipinski definition) is 1. The summed E-state index contributed by atoms with van der Waals surface area (Å²) in [6, 6.07) is 25.8. The van der Waals surface area contributed by atoms with Gasteiger partial charge in [0.05, 0.1) is 11.7 Å². The van der Waals surface area contributed by atoms with Crippen molar-refractivity contribution in [1.29, 1.82) is 0 Å². The molecule has 2 aromatic heterocycles. The number of unbranched alkanes of at least 4 members (excludes halogenated alkanes) is 1. The van der Waals surface area contributed by atoms with Crippen LogP contribution in [0.15, 0.2) is 97.6 Å². The van der Waals surface area contributed by atoms with E-state index in [2.05, 4.69) is 63.8 Å². The number of carbonyl (C=O) groups excluding carboxylic acids is 1.